The molecule has 1 aromatic heterocycles. The molecule has 0 aliphatic rings. The fourth-order valence-corrected chi connectivity index (χ4v) is 3.91. The molecule has 4 rings (SSSR count). The van der Waals surface area contributed by atoms with Crippen LogP contribution in [0.1, 0.15) is 27.6 Å². The van der Waals surface area contributed by atoms with Crippen LogP contribution in [0.2, 0.25) is 0 Å². The largest absolute Gasteiger partial charge is 0.462 e. The summed E-state index contributed by atoms with van der Waals surface area (Å²) in [5.74, 6) is -0.646. The molecule has 0 spiro atoms. The third-order valence-electron chi connectivity index (χ3n) is 4.56. The SMILES string of the molecule is CCOC(=O)c1ccc(NC(=O)Nc2ccc3nc(NC(=O)c4ccccc4)sc3c2)cc1. The van der Waals surface area contributed by atoms with Gasteiger partial charge in [0.1, 0.15) is 0 Å². The maximum Gasteiger partial charge on any atom is 0.338 e. The number of hydrogen-bond acceptors (Lipinski definition) is 6. The van der Waals surface area contributed by atoms with E-state index in [0.29, 0.717) is 39.8 Å². The van der Waals surface area contributed by atoms with E-state index in [1.807, 2.05) is 6.07 Å². The van der Waals surface area contributed by atoms with Gasteiger partial charge >= 0.3 is 12.0 Å². The van der Waals surface area contributed by atoms with E-state index in [1.165, 1.54) is 11.3 Å². The zero-order valence-electron chi connectivity index (χ0n) is 17.6. The summed E-state index contributed by atoms with van der Waals surface area (Å²) >= 11 is 1.32. The molecule has 0 unspecified atom stereocenters. The summed E-state index contributed by atoms with van der Waals surface area (Å²) in [7, 11) is 0. The predicted octanol–water partition coefficient (Wildman–Crippen LogP) is 5.37. The summed E-state index contributed by atoms with van der Waals surface area (Å²) in [6.45, 7) is 2.04. The molecule has 0 fully saturated rings. The molecule has 0 saturated carbocycles. The number of anilines is 3. The van der Waals surface area contributed by atoms with Crippen LogP contribution in [0.4, 0.5) is 21.3 Å². The molecule has 3 aromatic carbocycles. The van der Waals surface area contributed by atoms with Gasteiger partial charge in [0.25, 0.3) is 5.91 Å². The van der Waals surface area contributed by atoms with Gasteiger partial charge in [-0.25, -0.2) is 14.6 Å². The van der Waals surface area contributed by atoms with Crippen LogP contribution >= 0.6 is 11.3 Å². The highest BCUT2D eigenvalue weighted by Crippen LogP contribution is 2.29. The minimum atomic E-state index is -0.430. The Hall–Kier alpha value is -4.24. The molecule has 4 aromatic rings. The highest BCUT2D eigenvalue weighted by Gasteiger charge is 2.11. The van der Waals surface area contributed by atoms with Crippen molar-refractivity contribution in [3.63, 3.8) is 0 Å². The van der Waals surface area contributed by atoms with Gasteiger partial charge in [-0.2, -0.15) is 0 Å². The van der Waals surface area contributed by atoms with Gasteiger partial charge in [-0.1, -0.05) is 29.5 Å². The second-order valence-electron chi connectivity index (χ2n) is 6.90. The van der Waals surface area contributed by atoms with Crippen LogP contribution in [0.5, 0.6) is 0 Å². The van der Waals surface area contributed by atoms with Crippen LogP contribution in [0.25, 0.3) is 10.2 Å². The molecule has 0 aliphatic carbocycles. The number of carbonyl (C=O) groups excluding carboxylic acids is 3. The number of ether oxygens (including phenoxy) is 1. The van der Waals surface area contributed by atoms with Crippen molar-refractivity contribution in [2.45, 2.75) is 6.92 Å². The monoisotopic (exact) mass is 460 g/mol. The number of esters is 1. The summed E-state index contributed by atoms with van der Waals surface area (Å²) in [4.78, 5) is 40.8. The van der Waals surface area contributed by atoms with E-state index in [2.05, 4.69) is 20.9 Å². The Morgan fingerprint density at radius 1 is 0.848 bits per heavy atom. The van der Waals surface area contributed by atoms with Crippen molar-refractivity contribution in [1.29, 1.82) is 0 Å². The van der Waals surface area contributed by atoms with Gasteiger partial charge in [-0.15, -0.1) is 0 Å². The first-order chi connectivity index (χ1) is 16.0. The molecule has 0 aliphatic heterocycles. The number of benzene rings is 3. The van der Waals surface area contributed by atoms with E-state index < -0.39 is 12.0 Å². The van der Waals surface area contributed by atoms with Crippen LogP contribution in [-0.4, -0.2) is 29.5 Å². The van der Waals surface area contributed by atoms with E-state index in [0.717, 1.165) is 4.70 Å². The van der Waals surface area contributed by atoms with E-state index in [9.17, 15) is 14.4 Å². The van der Waals surface area contributed by atoms with Crippen molar-refractivity contribution in [3.8, 4) is 0 Å². The van der Waals surface area contributed by atoms with Gasteiger partial charge in [0, 0.05) is 16.9 Å². The molecule has 166 valence electrons. The number of nitrogens with zero attached hydrogens (tertiary/aromatic N) is 1. The normalized spacial score (nSPS) is 10.5. The van der Waals surface area contributed by atoms with Crippen LogP contribution in [-0.2, 0) is 4.74 Å². The van der Waals surface area contributed by atoms with Crippen molar-refractivity contribution in [1.82, 2.24) is 4.98 Å². The summed E-state index contributed by atoms with van der Waals surface area (Å²) in [6.07, 6.45) is 0. The predicted molar refractivity (Wildman–Crippen MR) is 129 cm³/mol. The van der Waals surface area contributed by atoms with Crippen molar-refractivity contribution < 1.29 is 19.1 Å². The number of fused-ring (bicyclic) bond motifs is 1. The van der Waals surface area contributed by atoms with E-state index >= 15 is 0 Å². The standard InChI is InChI=1S/C24H20N4O4S/c1-2-32-22(30)16-8-10-17(11-9-16)25-23(31)26-18-12-13-19-20(14-18)33-24(27-19)28-21(29)15-6-4-3-5-7-15/h3-14H,2H2,1H3,(H2,25,26,31)(H,27,28,29). The minimum absolute atomic E-state index is 0.235. The van der Waals surface area contributed by atoms with Crippen LogP contribution in [0, 0.1) is 0 Å². The highest BCUT2D eigenvalue weighted by atomic mass is 32.1. The van der Waals surface area contributed by atoms with E-state index in [1.54, 1.807) is 73.7 Å². The van der Waals surface area contributed by atoms with Crippen molar-refractivity contribution in [2.75, 3.05) is 22.6 Å². The number of urea groups is 1. The topological polar surface area (TPSA) is 109 Å². The number of nitrogens with one attached hydrogen (secondary N) is 3. The third-order valence-corrected chi connectivity index (χ3v) is 5.49. The smallest absolute Gasteiger partial charge is 0.338 e. The molecule has 3 N–H and O–H groups in total. The molecule has 0 bridgehead atoms. The lowest BCUT2D eigenvalue weighted by Crippen LogP contribution is -2.19. The van der Waals surface area contributed by atoms with Gasteiger partial charge in [-0.3, -0.25) is 10.1 Å². The molecular formula is C24H20N4O4S. The third kappa shape index (κ3) is 5.52. The maximum atomic E-state index is 12.4. The average molecular weight is 461 g/mol. The fraction of sp³-hybridized carbons (Fsp3) is 0.0833. The van der Waals surface area contributed by atoms with Crippen molar-refractivity contribution in [2.24, 2.45) is 0 Å². The second kappa shape index (κ2) is 9.92. The molecule has 1 heterocycles. The molecular weight excluding hydrogens is 440 g/mol. The number of carbonyl (C=O) groups is 3. The van der Waals surface area contributed by atoms with Crippen LogP contribution in [0.3, 0.4) is 0 Å². The second-order valence-corrected chi connectivity index (χ2v) is 7.93. The lowest BCUT2D eigenvalue weighted by atomic mass is 10.2. The Balaban J connectivity index is 1.39. The number of hydrogen-bond donors (Lipinski definition) is 3. The molecule has 0 atom stereocenters. The Labute approximate surface area is 193 Å². The number of amides is 3. The van der Waals surface area contributed by atoms with Gasteiger partial charge < -0.3 is 15.4 Å². The molecule has 33 heavy (non-hydrogen) atoms. The van der Waals surface area contributed by atoms with E-state index in [-0.39, 0.29) is 5.91 Å². The molecule has 3 amide bonds. The summed E-state index contributed by atoms with van der Waals surface area (Å²) in [5, 5.41) is 8.75. The summed E-state index contributed by atoms with van der Waals surface area (Å²) in [6, 6.07) is 20.2. The van der Waals surface area contributed by atoms with Gasteiger partial charge in [0.2, 0.25) is 0 Å². The maximum absolute atomic E-state index is 12.4. The fourth-order valence-electron chi connectivity index (χ4n) is 3.01. The summed E-state index contributed by atoms with van der Waals surface area (Å²) < 4.78 is 5.76. The number of thiazole rings is 1. The van der Waals surface area contributed by atoms with Crippen LogP contribution in [0.15, 0.2) is 72.8 Å². The minimum Gasteiger partial charge on any atom is -0.462 e. The lowest BCUT2D eigenvalue weighted by Gasteiger charge is -2.08. The van der Waals surface area contributed by atoms with Crippen LogP contribution < -0.4 is 16.0 Å². The quantitative estimate of drug-likeness (QED) is 0.335. The average Bonchev–Trinajstić information content (AvgIpc) is 3.21. The van der Waals surface area contributed by atoms with Gasteiger partial charge in [0.15, 0.2) is 5.13 Å². The zero-order valence-corrected chi connectivity index (χ0v) is 18.4. The first-order valence-corrected chi connectivity index (χ1v) is 11.0. The van der Waals surface area contributed by atoms with Gasteiger partial charge in [-0.05, 0) is 61.5 Å². The Morgan fingerprint density at radius 3 is 2.27 bits per heavy atom. The molecule has 9 heteroatoms. The zero-order chi connectivity index (χ0) is 23.2. The first-order valence-electron chi connectivity index (χ1n) is 10.1. The Morgan fingerprint density at radius 2 is 1.55 bits per heavy atom. The lowest BCUT2D eigenvalue weighted by molar-refractivity contribution is 0.0526. The number of aromatic nitrogens is 1. The highest BCUT2D eigenvalue weighted by molar-refractivity contribution is 7.22. The van der Waals surface area contributed by atoms with E-state index in [4.69, 9.17) is 4.74 Å². The molecule has 0 radical (unpaired) electrons. The Bertz CT molecular complexity index is 1300. The van der Waals surface area contributed by atoms with Crippen molar-refractivity contribution in [3.05, 3.63) is 83.9 Å². The van der Waals surface area contributed by atoms with Gasteiger partial charge in [0.05, 0.1) is 22.4 Å². The Kier molecular flexibility index (Phi) is 6.61. The number of rotatable bonds is 6. The van der Waals surface area contributed by atoms with Crippen molar-refractivity contribution >= 4 is 56.0 Å². The first kappa shape index (κ1) is 22.0. The molecule has 0 saturated heterocycles. The molecule has 8 nitrogen and oxygen atoms in total. The summed E-state index contributed by atoms with van der Waals surface area (Å²) in [5.41, 5.74) is 2.78.